The molecule has 1 aliphatic heterocycles. The number of ether oxygens (including phenoxy) is 1. The molecule has 1 saturated heterocycles. The van der Waals surface area contributed by atoms with Crippen molar-refractivity contribution in [3.63, 3.8) is 0 Å². The van der Waals surface area contributed by atoms with E-state index in [0.717, 1.165) is 12.8 Å². The van der Waals surface area contributed by atoms with Gasteiger partial charge in [0.05, 0.1) is 5.41 Å². The Bertz CT molecular complexity index is 235. The minimum Gasteiger partial charge on any atom is -0.381 e. The van der Waals surface area contributed by atoms with Gasteiger partial charge in [-0.15, -0.1) is 0 Å². The predicted octanol–water partition coefficient (Wildman–Crippen LogP) is 0.903. The fourth-order valence-corrected chi connectivity index (χ4v) is 1.81. The van der Waals surface area contributed by atoms with Crippen molar-refractivity contribution >= 4 is 5.91 Å². The van der Waals surface area contributed by atoms with Crippen molar-refractivity contribution in [1.82, 2.24) is 5.32 Å². The lowest BCUT2D eigenvalue weighted by molar-refractivity contribution is -0.136. The molecule has 0 spiro atoms. The van der Waals surface area contributed by atoms with Crippen molar-refractivity contribution in [2.75, 3.05) is 19.8 Å². The van der Waals surface area contributed by atoms with Crippen molar-refractivity contribution in [2.45, 2.75) is 39.7 Å². The first-order valence-corrected chi connectivity index (χ1v) is 6.10. The second kappa shape index (κ2) is 5.64. The molecule has 0 aromatic heterocycles. The van der Waals surface area contributed by atoms with Crippen LogP contribution < -0.4 is 11.1 Å². The van der Waals surface area contributed by atoms with E-state index in [1.807, 2.05) is 6.92 Å². The van der Waals surface area contributed by atoms with Crippen LogP contribution in [0.2, 0.25) is 0 Å². The van der Waals surface area contributed by atoms with Gasteiger partial charge in [0, 0.05) is 25.8 Å². The summed E-state index contributed by atoms with van der Waals surface area (Å²) in [5, 5.41) is 3.07. The molecule has 1 heterocycles. The van der Waals surface area contributed by atoms with Crippen LogP contribution in [0.1, 0.15) is 33.6 Å². The number of carbonyl (C=O) groups excluding carboxylic acids is 1. The van der Waals surface area contributed by atoms with Crippen LogP contribution in [0.4, 0.5) is 0 Å². The van der Waals surface area contributed by atoms with E-state index in [1.165, 1.54) is 0 Å². The number of nitrogens with one attached hydrogen (secondary N) is 1. The first-order valence-electron chi connectivity index (χ1n) is 6.10. The van der Waals surface area contributed by atoms with Crippen LogP contribution in [0.3, 0.4) is 0 Å². The predicted molar refractivity (Wildman–Crippen MR) is 64.0 cm³/mol. The van der Waals surface area contributed by atoms with Gasteiger partial charge in [-0.25, -0.2) is 0 Å². The van der Waals surface area contributed by atoms with Crippen LogP contribution >= 0.6 is 0 Å². The van der Waals surface area contributed by atoms with Gasteiger partial charge in [0.2, 0.25) is 5.91 Å². The molecule has 0 aromatic rings. The highest BCUT2D eigenvalue weighted by atomic mass is 16.5. The van der Waals surface area contributed by atoms with Crippen LogP contribution in [0.5, 0.6) is 0 Å². The number of amides is 1. The lowest BCUT2D eigenvalue weighted by Gasteiger charge is -2.36. The van der Waals surface area contributed by atoms with Crippen LogP contribution in [-0.2, 0) is 9.53 Å². The second-order valence-electron chi connectivity index (χ2n) is 5.10. The molecule has 0 radical (unpaired) electrons. The smallest absolute Gasteiger partial charge is 0.227 e. The monoisotopic (exact) mass is 228 g/mol. The molecule has 4 heteroatoms. The van der Waals surface area contributed by atoms with Crippen molar-refractivity contribution in [3.05, 3.63) is 0 Å². The highest BCUT2D eigenvalue weighted by Gasteiger charge is 2.39. The Balaban J connectivity index is 2.61. The highest BCUT2D eigenvalue weighted by molar-refractivity contribution is 5.83. The molecule has 1 amide bonds. The molecule has 16 heavy (non-hydrogen) atoms. The summed E-state index contributed by atoms with van der Waals surface area (Å²) >= 11 is 0. The summed E-state index contributed by atoms with van der Waals surface area (Å²) < 4.78 is 5.29. The Morgan fingerprint density at radius 3 is 2.38 bits per heavy atom. The van der Waals surface area contributed by atoms with Crippen molar-refractivity contribution < 1.29 is 9.53 Å². The zero-order valence-electron chi connectivity index (χ0n) is 10.6. The molecule has 0 aliphatic carbocycles. The lowest BCUT2D eigenvalue weighted by Crippen LogP contribution is -2.52. The number of nitrogens with two attached hydrogens (primary N) is 1. The molecule has 1 aliphatic rings. The summed E-state index contributed by atoms with van der Waals surface area (Å²) in [5.41, 5.74) is 5.37. The fourth-order valence-electron chi connectivity index (χ4n) is 1.81. The SMILES string of the molecule is CC(C)C(C)NC(=O)C1(CN)CCOCC1. The summed E-state index contributed by atoms with van der Waals surface area (Å²) in [6.45, 7) is 7.93. The molecule has 0 saturated carbocycles. The van der Waals surface area contributed by atoms with E-state index in [0.29, 0.717) is 25.7 Å². The summed E-state index contributed by atoms with van der Waals surface area (Å²) in [5.74, 6) is 0.540. The van der Waals surface area contributed by atoms with Gasteiger partial charge in [-0.05, 0) is 25.7 Å². The average molecular weight is 228 g/mol. The molecule has 1 fully saturated rings. The molecule has 4 nitrogen and oxygen atoms in total. The minimum absolute atomic E-state index is 0.0968. The molecule has 3 N–H and O–H groups in total. The Hall–Kier alpha value is -0.610. The van der Waals surface area contributed by atoms with Crippen molar-refractivity contribution in [2.24, 2.45) is 17.1 Å². The van der Waals surface area contributed by atoms with Gasteiger partial charge in [-0.3, -0.25) is 4.79 Å². The second-order valence-corrected chi connectivity index (χ2v) is 5.10. The molecule has 1 unspecified atom stereocenters. The largest absolute Gasteiger partial charge is 0.381 e. The minimum atomic E-state index is -0.401. The first kappa shape index (κ1) is 13.5. The van der Waals surface area contributed by atoms with Gasteiger partial charge in [0.25, 0.3) is 0 Å². The van der Waals surface area contributed by atoms with E-state index in [9.17, 15) is 4.79 Å². The normalized spacial score (nSPS) is 21.8. The van der Waals surface area contributed by atoms with Crippen molar-refractivity contribution in [3.8, 4) is 0 Å². The summed E-state index contributed by atoms with van der Waals surface area (Å²) in [6, 6.07) is 0.193. The number of hydrogen-bond acceptors (Lipinski definition) is 3. The Morgan fingerprint density at radius 1 is 1.38 bits per heavy atom. The Labute approximate surface area is 97.9 Å². The van der Waals surface area contributed by atoms with E-state index < -0.39 is 5.41 Å². The maximum atomic E-state index is 12.2. The molecular weight excluding hydrogens is 204 g/mol. The Morgan fingerprint density at radius 2 is 1.94 bits per heavy atom. The van der Waals surface area contributed by atoms with Gasteiger partial charge >= 0.3 is 0 Å². The van der Waals surface area contributed by atoms with Gasteiger partial charge in [-0.2, -0.15) is 0 Å². The van der Waals surface area contributed by atoms with Crippen LogP contribution in [-0.4, -0.2) is 31.7 Å². The van der Waals surface area contributed by atoms with Gasteiger partial charge in [-0.1, -0.05) is 13.8 Å². The van der Waals surface area contributed by atoms with Crippen LogP contribution in [0.15, 0.2) is 0 Å². The van der Waals surface area contributed by atoms with Crippen molar-refractivity contribution in [1.29, 1.82) is 0 Å². The zero-order chi connectivity index (χ0) is 12.2. The Kier molecular flexibility index (Phi) is 4.74. The van der Waals surface area contributed by atoms with E-state index in [1.54, 1.807) is 0 Å². The quantitative estimate of drug-likeness (QED) is 0.751. The lowest BCUT2D eigenvalue weighted by atomic mass is 9.79. The number of carbonyl (C=O) groups is 1. The van der Waals surface area contributed by atoms with E-state index in [-0.39, 0.29) is 11.9 Å². The maximum Gasteiger partial charge on any atom is 0.227 e. The summed E-state index contributed by atoms with van der Waals surface area (Å²) in [4.78, 5) is 12.2. The van der Waals surface area contributed by atoms with Crippen LogP contribution in [0, 0.1) is 11.3 Å². The molecular formula is C12H24N2O2. The molecule has 1 rings (SSSR count). The van der Waals surface area contributed by atoms with Gasteiger partial charge in [0.15, 0.2) is 0 Å². The molecule has 0 aromatic carbocycles. The van der Waals surface area contributed by atoms with Gasteiger partial charge in [0.1, 0.15) is 0 Å². The average Bonchev–Trinajstić information content (AvgIpc) is 2.29. The van der Waals surface area contributed by atoms with E-state index in [2.05, 4.69) is 19.2 Å². The van der Waals surface area contributed by atoms with E-state index in [4.69, 9.17) is 10.5 Å². The zero-order valence-corrected chi connectivity index (χ0v) is 10.6. The summed E-state index contributed by atoms with van der Waals surface area (Å²) in [7, 11) is 0. The molecule has 1 atom stereocenters. The third kappa shape index (κ3) is 2.95. The molecule has 0 bridgehead atoms. The fraction of sp³-hybridized carbons (Fsp3) is 0.917. The summed E-state index contributed by atoms with van der Waals surface area (Å²) in [6.07, 6.45) is 1.47. The third-order valence-electron chi connectivity index (χ3n) is 3.68. The topological polar surface area (TPSA) is 64.4 Å². The third-order valence-corrected chi connectivity index (χ3v) is 3.68. The van der Waals surface area contributed by atoms with Gasteiger partial charge < -0.3 is 15.8 Å². The molecule has 94 valence electrons. The highest BCUT2D eigenvalue weighted by Crippen LogP contribution is 2.29. The maximum absolute atomic E-state index is 12.2. The number of hydrogen-bond donors (Lipinski definition) is 2. The van der Waals surface area contributed by atoms with E-state index >= 15 is 0 Å². The van der Waals surface area contributed by atoms with Crippen LogP contribution in [0.25, 0.3) is 0 Å². The number of rotatable bonds is 4. The standard InChI is InChI=1S/C12H24N2O2/c1-9(2)10(3)14-11(15)12(8-13)4-6-16-7-5-12/h9-10H,4-8,13H2,1-3H3,(H,14,15). The first-order chi connectivity index (χ1) is 7.52.